The van der Waals surface area contributed by atoms with Crippen molar-refractivity contribution in [2.24, 2.45) is 0 Å². The molecule has 0 saturated carbocycles. The van der Waals surface area contributed by atoms with Crippen LogP contribution in [0.4, 0.5) is 0 Å². The smallest absolute Gasteiger partial charge is 0.281 e. The van der Waals surface area contributed by atoms with E-state index < -0.39 is 10.2 Å². The fourth-order valence-corrected chi connectivity index (χ4v) is 3.61. The largest absolute Gasteiger partial charge is 0.497 e. The van der Waals surface area contributed by atoms with Crippen LogP contribution in [0.5, 0.6) is 11.5 Å². The summed E-state index contributed by atoms with van der Waals surface area (Å²) in [7, 11) is -0.144. The Morgan fingerprint density at radius 3 is 2.29 bits per heavy atom. The number of ether oxygens (including phenoxy) is 2. The highest BCUT2D eigenvalue weighted by Gasteiger charge is 2.28. The Bertz CT molecular complexity index is 539. The zero-order valence-corrected chi connectivity index (χ0v) is 13.3. The Morgan fingerprint density at radius 1 is 1.14 bits per heavy atom. The van der Waals surface area contributed by atoms with Gasteiger partial charge in [-0.3, -0.25) is 0 Å². The van der Waals surface area contributed by atoms with Crippen LogP contribution in [0.15, 0.2) is 24.3 Å². The van der Waals surface area contributed by atoms with Crippen molar-refractivity contribution >= 4 is 10.2 Å². The summed E-state index contributed by atoms with van der Waals surface area (Å²) in [5.41, 5.74) is 0. The van der Waals surface area contributed by atoms with Crippen molar-refractivity contribution in [3.8, 4) is 11.5 Å². The molecule has 0 aliphatic carbocycles. The summed E-state index contributed by atoms with van der Waals surface area (Å²) in [5.74, 6) is 1.46. The van der Waals surface area contributed by atoms with Gasteiger partial charge in [-0.15, -0.1) is 0 Å². The molecule has 1 aliphatic heterocycles. The number of rotatable bonds is 7. The second-order valence-corrected chi connectivity index (χ2v) is 6.99. The van der Waals surface area contributed by atoms with Crippen LogP contribution in [-0.4, -0.2) is 57.4 Å². The summed E-state index contributed by atoms with van der Waals surface area (Å²) >= 11 is 0. The van der Waals surface area contributed by atoms with Crippen molar-refractivity contribution in [3.63, 3.8) is 0 Å². The number of methoxy groups -OCH3 is 1. The molecule has 0 N–H and O–H groups in total. The Morgan fingerprint density at radius 2 is 1.71 bits per heavy atom. The highest BCUT2D eigenvalue weighted by Crippen LogP contribution is 2.18. The van der Waals surface area contributed by atoms with E-state index in [9.17, 15) is 8.42 Å². The lowest BCUT2D eigenvalue weighted by molar-refractivity contribution is 0.279. The monoisotopic (exact) mass is 314 g/mol. The molecule has 0 unspecified atom stereocenters. The summed E-state index contributed by atoms with van der Waals surface area (Å²) in [5, 5.41) is 0. The number of hydrogen-bond donors (Lipinski definition) is 0. The van der Waals surface area contributed by atoms with Crippen molar-refractivity contribution < 1.29 is 17.9 Å². The third kappa shape index (κ3) is 4.09. The van der Waals surface area contributed by atoms with Crippen molar-refractivity contribution in [3.05, 3.63) is 24.3 Å². The number of nitrogens with zero attached hydrogens (tertiary/aromatic N) is 2. The molecule has 1 aromatic carbocycles. The molecule has 7 heteroatoms. The predicted octanol–water partition coefficient (Wildman–Crippen LogP) is 1.35. The Hall–Kier alpha value is -1.31. The van der Waals surface area contributed by atoms with Crippen molar-refractivity contribution in [2.75, 3.05) is 40.4 Å². The maximum atomic E-state index is 12.2. The first kappa shape index (κ1) is 16.1. The van der Waals surface area contributed by atoms with Crippen LogP contribution in [0.25, 0.3) is 0 Å². The molecule has 0 radical (unpaired) electrons. The second kappa shape index (κ2) is 7.11. The van der Waals surface area contributed by atoms with Gasteiger partial charge in [-0.1, -0.05) is 0 Å². The standard InChI is InChI=1S/C14H22N2O4S/c1-15(21(17,18)16-9-3-4-10-16)11-12-20-14-7-5-13(19-2)6-8-14/h5-8H,3-4,9-12H2,1-2H3. The molecule has 118 valence electrons. The molecule has 0 aromatic heterocycles. The van der Waals surface area contributed by atoms with Gasteiger partial charge in [0, 0.05) is 26.7 Å². The van der Waals surface area contributed by atoms with E-state index in [-0.39, 0.29) is 0 Å². The molecule has 0 amide bonds. The minimum Gasteiger partial charge on any atom is -0.497 e. The van der Waals surface area contributed by atoms with E-state index in [1.807, 2.05) is 0 Å². The van der Waals surface area contributed by atoms with E-state index in [4.69, 9.17) is 9.47 Å². The molecular weight excluding hydrogens is 292 g/mol. The minimum absolute atomic E-state index is 0.315. The van der Waals surface area contributed by atoms with Crippen LogP contribution in [-0.2, 0) is 10.2 Å². The molecule has 0 spiro atoms. The topological polar surface area (TPSA) is 59.1 Å². The number of likely N-dealkylation sites (N-methyl/N-ethyl adjacent to an activating group) is 1. The maximum Gasteiger partial charge on any atom is 0.281 e. The zero-order valence-electron chi connectivity index (χ0n) is 12.5. The van der Waals surface area contributed by atoms with Crippen molar-refractivity contribution in [1.82, 2.24) is 8.61 Å². The van der Waals surface area contributed by atoms with Gasteiger partial charge in [0.1, 0.15) is 18.1 Å². The summed E-state index contributed by atoms with van der Waals surface area (Å²) in [4.78, 5) is 0. The van der Waals surface area contributed by atoms with Gasteiger partial charge in [-0.05, 0) is 37.1 Å². The highest BCUT2D eigenvalue weighted by atomic mass is 32.2. The van der Waals surface area contributed by atoms with E-state index in [0.717, 1.165) is 18.6 Å². The average Bonchev–Trinajstić information content (AvgIpc) is 3.02. The lowest BCUT2D eigenvalue weighted by Crippen LogP contribution is -2.41. The molecule has 21 heavy (non-hydrogen) atoms. The van der Waals surface area contributed by atoms with Gasteiger partial charge in [0.15, 0.2) is 0 Å². The molecule has 1 fully saturated rings. The fourth-order valence-electron chi connectivity index (χ4n) is 2.20. The summed E-state index contributed by atoms with van der Waals surface area (Å²) < 4.78 is 38.0. The quantitative estimate of drug-likeness (QED) is 0.762. The van der Waals surface area contributed by atoms with Gasteiger partial charge in [-0.25, -0.2) is 0 Å². The lowest BCUT2D eigenvalue weighted by atomic mass is 10.3. The Kier molecular flexibility index (Phi) is 5.44. The normalized spacial score (nSPS) is 16.3. The molecule has 1 aliphatic rings. The summed E-state index contributed by atoms with van der Waals surface area (Å²) in [6.07, 6.45) is 1.88. The molecular formula is C14H22N2O4S. The van der Waals surface area contributed by atoms with Crippen LogP contribution in [0.3, 0.4) is 0 Å². The van der Waals surface area contributed by atoms with Crippen LogP contribution in [0, 0.1) is 0 Å². The van der Waals surface area contributed by atoms with Gasteiger partial charge >= 0.3 is 0 Å². The average molecular weight is 314 g/mol. The first-order chi connectivity index (χ1) is 10.0. The first-order valence-corrected chi connectivity index (χ1v) is 8.42. The fraction of sp³-hybridized carbons (Fsp3) is 0.571. The van der Waals surface area contributed by atoms with Crippen molar-refractivity contribution in [1.29, 1.82) is 0 Å². The van der Waals surface area contributed by atoms with Gasteiger partial charge in [-0.2, -0.15) is 17.0 Å². The van der Waals surface area contributed by atoms with Gasteiger partial charge in [0.05, 0.1) is 7.11 Å². The van der Waals surface area contributed by atoms with E-state index in [1.165, 1.54) is 8.61 Å². The molecule has 0 bridgehead atoms. The summed E-state index contributed by atoms with van der Waals surface area (Å²) in [6, 6.07) is 7.21. The lowest BCUT2D eigenvalue weighted by Gasteiger charge is -2.23. The Labute approximate surface area is 126 Å². The van der Waals surface area contributed by atoms with Crippen LogP contribution < -0.4 is 9.47 Å². The van der Waals surface area contributed by atoms with E-state index in [0.29, 0.717) is 32.0 Å². The maximum absolute atomic E-state index is 12.2. The molecule has 6 nitrogen and oxygen atoms in total. The van der Waals surface area contributed by atoms with Gasteiger partial charge < -0.3 is 9.47 Å². The molecule has 1 heterocycles. The molecule has 1 aromatic rings. The van der Waals surface area contributed by atoms with E-state index in [1.54, 1.807) is 38.4 Å². The summed E-state index contributed by atoms with van der Waals surface area (Å²) in [6.45, 7) is 1.87. The number of benzene rings is 1. The SMILES string of the molecule is COc1ccc(OCCN(C)S(=O)(=O)N2CCCC2)cc1. The highest BCUT2D eigenvalue weighted by molar-refractivity contribution is 7.86. The van der Waals surface area contributed by atoms with Crippen LogP contribution in [0.2, 0.25) is 0 Å². The molecule has 1 saturated heterocycles. The molecule has 0 atom stereocenters. The zero-order chi connectivity index (χ0) is 15.3. The second-order valence-electron chi connectivity index (χ2n) is 4.96. The number of hydrogen-bond acceptors (Lipinski definition) is 4. The van der Waals surface area contributed by atoms with E-state index >= 15 is 0 Å². The van der Waals surface area contributed by atoms with Crippen LogP contribution >= 0.6 is 0 Å². The first-order valence-electron chi connectivity index (χ1n) is 7.02. The minimum atomic E-state index is -3.34. The van der Waals surface area contributed by atoms with Gasteiger partial charge in [0.2, 0.25) is 0 Å². The van der Waals surface area contributed by atoms with Gasteiger partial charge in [0.25, 0.3) is 10.2 Å². The third-order valence-corrected chi connectivity index (χ3v) is 5.51. The van der Waals surface area contributed by atoms with Crippen molar-refractivity contribution in [2.45, 2.75) is 12.8 Å². The third-order valence-electron chi connectivity index (χ3n) is 3.52. The predicted molar refractivity (Wildman–Crippen MR) is 80.8 cm³/mol. The van der Waals surface area contributed by atoms with E-state index in [2.05, 4.69) is 0 Å². The Balaban J connectivity index is 1.81. The van der Waals surface area contributed by atoms with Crippen LogP contribution in [0.1, 0.15) is 12.8 Å². The molecule has 2 rings (SSSR count).